The van der Waals surface area contributed by atoms with Crippen LogP contribution in [0.25, 0.3) is 0 Å². The standard InChI is InChI=1S/C91H179NO5/c1-3-5-7-9-11-13-15-17-19-21-23-24-44-48-51-55-59-63-67-71-75-79-83-89(94)88(87-93)92-90(95)84-80-76-72-68-64-60-56-52-49-45-42-40-38-36-34-32-30-28-26-25-27-29-31-33-35-37-39-41-43-46-50-54-58-62-66-70-74-78-82-86-97-91(96)85-81-77-73-69-65-61-57-53-47-22-20-18-16-14-12-10-8-6-4-2/h79,83,88-89,93-94H,3-78,80-82,84-87H2,1-2H3,(H,92,95)/b83-79+. The van der Waals surface area contributed by atoms with E-state index in [1.165, 1.54) is 469 Å². The average Bonchev–Trinajstić information content (AvgIpc) is 3.42. The van der Waals surface area contributed by atoms with E-state index in [1.807, 2.05) is 6.08 Å². The molecule has 0 heterocycles. The largest absolute Gasteiger partial charge is 0.466 e. The first-order valence-electron chi connectivity index (χ1n) is 45.5. The number of carbonyl (C=O) groups excluding carboxylic acids is 2. The van der Waals surface area contributed by atoms with Gasteiger partial charge in [-0.15, -0.1) is 0 Å². The van der Waals surface area contributed by atoms with Gasteiger partial charge in [0, 0.05) is 12.8 Å². The van der Waals surface area contributed by atoms with E-state index in [1.54, 1.807) is 6.08 Å². The van der Waals surface area contributed by atoms with E-state index in [4.69, 9.17) is 4.74 Å². The topological polar surface area (TPSA) is 95.9 Å². The number of unbranched alkanes of at least 4 members (excludes halogenated alkanes) is 76. The second kappa shape index (κ2) is 87.0. The predicted molar refractivity (Wildman–Crippen MR) is 430 cm³/mol. The van der Waals surface area contributed by atoms with Crippen molar-refractivity contribution in [2.75, 3.05) is 13.2 Å². The van der Waals surface area contributed by atoms with Gasteiger partial charge < -0.3 is 20.3 Å². The summed E-state index contributed by atoms with van der Waals surface area (Å²) in [6, 6.07) is -0.624. The minimum absolute atomic E-state index is 0.0303. The molecule has 0 aliphatic heterocycles. The molecule has 3 N–H and O–H groups in total. The molecule has 0 rings (SSSR count). The van der Waals surface area contributed by atoms with Crippen molar-refractivity contribution in [1.82, 2.24) is 5.32 Å². The van der Waals surface area contributed by atoms with Crippen LogP contribution < -0.4 is 5.32 Å². The molecule has 1 amide bonds. The maximum atomic E-state index is 12.6. The smallest absolute Gasteiger partial charge is 0.305 e. The highest BCUT2D eigenvalue weighted by Gasteiger charge is 2.18. The maximum absolute atomic E-state index is 12.6. The normalized spacial score (nSPS) is 12.4. The molecule has 0 aromatic rings. The highest BCUT2D eigenvalue weighted by molar-refractivity contribution is 5.76. The zero-order chi connectivity index (χ0) is 69.8. The summed E-state index contributed by atoms with van der Waals surface area (Å²) in [6.45, 7) is 4.98. The molecule has 0 radical (unpaired) electrons. The van der Waals surface area contributed by atoms with E-state index < -0.39 is 12.1 Å². The molecule has 97 heavy (non-hydrogen) atoms. The van der Waals surface area contributed by atoms with E-state index in [0.29, 0.717) is 19.4 Å². The molecule has 0 saturated carbocycles. The van der Waals surface area contributed by atoms with Gasteiger partial charge in [0.15, 0.2) is 0 Å². The van der Waals surface area contributed by atoms with Gasteiger partial charge in [-0.2, -0.15) is 0 Å². The summed E-state index contributed by atoms with van der Waals surface area (Å²) in [7, 11) is 0. The van der Waals surface area contributed by atoms with E-state index in [-0.39, 0.29) is 18.5 Å². The van der Waals surface area contributed by atoms with E-state index in [9.17, 15) is 19.8 Å². The van der Waals surface area contributed by atoms with Crippen LogP contribution in [0.2, 0.25) is 0 Å². The van der Waals surface area contributed by atoms with Crippen LogP contribution in [0.15, 0.2) is 12.2 Å². The summed E-state index contributed by atoms with van der Waals surface area (Å²) < 4.78 is 5.53. The van der Waals surface area contributed by atoms with Gasteiger partial charge in [-0.05, 0) is 32.1 Å². The van der Waals surface area contributed by atoms with Gasteiger partial charge in [-0.1, -0.05) is 501 Å². The number of nitrogens with one attached hydrogen (secondary N) is 1. The molecular weight excluding hydrogens is 1190 g/mol. The lowest BCUT2D eigenvalue weighted by Gasteiger charge is -2.20. The Bertz CT molecular complexity index is 1480. The van der Waals surface area contributed by atoms with Crippen LogP contribution in [0.3, 0.4) is 0 Å². The molecule has 6 heteroatoms. The Morgan fingerprint density at radius 3 is 0.701 bits per heavy atom. The Morgan fingerprint density at radius 1 is 0.278 bits per heavy atom. The van der Waals surface area contributed by atoms with Crippen LogP contribution >= 0.6 is 0 Å². The third-order valence-corrected chi connectivity index (χ3v) is 21.8. The van der Waals surface area contributed by atoms with Crippen molar-refractivity contribution in [3.8, 4) is 0 Å². The fourth-order valence-electron chi connectivity index (χ4n) is 14.9. The van der Waals surface area contributed by atoms with Crippen molar-refractivity contribution in [3.05, 3.63) is 12.2 Å². The fourth-order valence-corrected chi connectivity index (χ4v) is 14.9. The molecule has 0 aliphatic carbocycles. The predicted octanol–water partition coefficient (Wildman–Crippen LogP) is 30.6. The minimum atomic E-state index is -0.841. The zero-order valence-electron chi connectivity index (χ0n) is 66.6. The van der Waals surface area contributed by atoms with Crippen molar-refractivity contribution >= 4 is 11.9 Å². The Morgan fingerprint density at radius 2 is 0.474 bits per heavy atom. The number of ether oxygens (including phenoxy) is 1. The van der Waals surface area contributed by atoms with Crippen LogP contribution in [0, 0.1) is 0 Å². The van der Waals surface area contributed by atoms with E-state index >= 15 is 0 Å². The number of hydrogen-bond donors (Lipinski definition) is 3. The fraction of sp³-hybridized carbons (Fsp3) is 0.956. The van der Waals surface area contributed by atoms with Gasteiger partial charge in [0.1, 0.15) is 0 Å². The molecule has 0 aliphatic rings. The van der Waals surface area contributed by atoms with Crippen molar-refractivity contribution in [2.45, 2.75) is 546 Å². The van der Waals surface area contributed by atoms with Crippen LogP contribution in [0.1, 0.15) is 534 Å². The van der Waals surface area contributed by atoms with Gasteiger partial charge in [0.25, 0.3) is 0 Å². The van der Waals surface area contributed by atoms with Crippen molar-refractivity contribution < 1.29 is 24.5 Å². The summed E-state index contributed by atoms with van der Waals surface area (Å²) in [4.78, 5) is 24.7. The molecule has 2 atom stereocenters. The first-order chi connectivity index (χ1) is 48.0. The number of hydrogen-bond acceptors (Lipinski definition) is 5. The van der Waals surface area contributed by atoms with E-state index in [0.717, 1.165) is 38.5 Å². The SMILES string of the molecule is CCCCCCCCCCCCCCCCCCCCCC/C=C/C(O)C(CO)NC(=O)CCCCCCCCCCCCCCCCCCCCCCCCCCCCCCCCCCCCCCCCCOC(=O)CCCCCCCCCCCCCCCCCCCCC. The average molecular weight is 1370 g/mol. The third kappa shape index (κ3) is 83.4. The highest BCUT2D eigenvalue weighted by Crippen LogP contribution is 2.22. The lowest BCUT2D eigenvalue weighted by Crippen LogP contribution is -2.45. The van der Waals surface area contributed by atoms with E-state index in [2.05, 4.69) is 19.2 Å². The van der Waals surface area contributed by atoms with Crippen LogP contribution in [0.4, 0.5) is 0 Å². The molecule has 0 aromatic heterocycles. The van der Waals surface area contributed by atoms with Crippen LogP contribution in [-0.4, -0.2) is 47.4 Å². The monoisotopic (exact) mass is 1370 g/mol. The lowest BCUT2D eigenvalue weighted by atomic mass is 10.0. The van der Waals surface area contributed by atoms with Gasteiger partial charge in [0.05, 0.1) is 25.4 Å². The van der Waals surface area contributed by atoms with Gasteiger partial charge in [0.2, 0.25) is 5.91 Å². The Kier molecular flexibility index (Phi) is 85.7. The molecule has 6 nitrogen and oxygen atoms in total. The number of carbonyl (C=O) groups is 2. The van der Waals surface area contributed by atoms with Gasteiger partial charge >= 0.3 is 5.97 Å². The molecule has 0 bridgehead atoms. The molecule has 0 aromatic carbocycles. The van der Waals surface area contributed by atoms with Crippen molar-refractivity contribution in [3.63, 3.8) is 0 Å². The number of amides is 1. The first-order valence-corrected chi connectivity index (χ1v) is 45.5. The lowest BCUT2D eigenvalue weighted by molar-refractivity contribution is -0.143. The second-order valence-corrected chi connectivity index (χ2v) is 31.7. The van der Waals surface area contributed by atoms with Gasteiger partial charge in [-0.3, -0.25) is 9.59 Å². The number of aliphatic hydroxyl groups is 2. The summed E-state index contributed by atoms with van der Waals surface area (Å²) in [5, 5.41) is 23.3. The highest BCUT2D eigenvalue weighted by atomic mass is 16.5. The summed E-state index contributed by atoms with van der Waals surface area (Å²) in [5.74, 6) is -0.0256. The summed E-state index contributed by atoms with van der Waals surface area (Å²) in [5.41, 5.74) is 0. The quantitative estimate of drug-likeness (QED) is 0.0320. The van der Waals surface area contributed by atoms with Crippen LogP contribution in [-0.2, 0) is 14.3 Å². The van der Waals surface area contributed by atoms with Crippen LogP contribution in [0.5, 0.6) is 0 Å². The molecular formula is C91H179NO5. The number of aliphatic hydroxyl groups excluding tert-OH is 2. The Balaban J connectivity index is 3.30. The third-order valence-electron chi connectivity index (χ3n) is 21.8. The molecule has 2 unspecified atom stereocenters. The maximum Gasteiger partial charge on any atom is 0.305 e. The van der Waals surface area contributed by atoms with Crippen molar-refractivity contribution in [1.29, 1.82) is 0 Å². The van der Waals surface area contributed by atoms with Crippen molar-refractivity contribution in [2.24, 2.45) is 0 Å². The molecule has 578 valence electrons. The number of rotatable bonds is 87. The zero-order valence-corrected chi connectivity index (χ0v) is 66.6. The second-order valence-electron chi connectivity index (χ2n) is 31.7. The summed E-state index contributed by atoms with van der Waals surface area (Å²) in [6.07, 6.45) is 113. The molecule has 0 saturated heterocycles. The van der Waals surface area contributed by atoms with Gasteiger partial charge in [-0.25, -0.2) is 0 Å². The minimum Gasteiger partial charge on any atom is -0.466 e. The number of allylic oxidation sites excluding steroid dienone is 1. The Hall–Kier alpha value is -1.40. The molecule has 0 fully saturated rings. The Labute approximate surface area is 609 Å². The molecule has 0 spiro atoms. The summed E-state index contributed by atoms with van der Waals surface area (Å²) >= 11 is 0. The number of esters is 1. The first kappa shape index (κ1) is 95.6.